The highest BCUT2D eigenvalue weighted by Gasteiger charge is 2.34. The van der Waals surface area contributed by atoms with Gasteiger partial charge in [-0.3, -0.25) is 14.5 Å². The second-order valence-electron chi connectivity index (χ2n) is 9.37. The summed E-state index contributed by atoms with van der Waals surface area (Å²) in [4.78, 5) is 29.8. The summed E-state index contributed by atoms with van der Waals surface area (Å²) in [5.74, 6) is 0.153. The first-order valence-corrected chi connectivity index (χ1v) is 12.7. The summed E-state index contributed by atoms with van der Waals surface area (Å²) in [7, 11) is 0. The summed E-state index contributed by atoms with van der Waals surface area (Å²) in [6.07, 6.45) is 7.14. The second-order valence-corrected chi connectivity index (χ2v) is 9.37. The molecule has 182 valence electrons. The Kier molecular flexibility index (Phi) is 9.11. The van der Waals surface area contributed by atoms with Gasteiger partial charge in [0.25, 0.3) is 0 Å². The van der Waals surface area contributed by atoms with E-state index in [-0.39, 0.29) is 11.8 Å². The number of carbonyl (C=O) groups is 2. The molecule has 1 aliphatic heterocycles. The Morgan fingerprint density at radius 2 is 1.68 bits per heavy atom. The van der Waals surface area contributed by atoms with E-state index in [9.17, 15) is 9.59 Å². The highest BCUT2D eigenvalue weighted by atomic mass is 16.5. The molecule has 0 bridgehead atoms. The fourth-order valence-electron chi connectivity index (χ4n) is 5.20. The van der Waals surface area contributed by atoms with Gasteiger partial charge in [-0.2, -0.15) is 0 Å². The van der Waals surface area contributed by atoms with Crippen molar-refractivity contribution in [2.75, 3.05) is 44.3 Å². The Bertz CT molecular complexity index is 891. The number of anilines is 1. The molecule has 2 aromatic rings. The van der Waals surface area contributed by atoms with Gasteiger partial charge in [0.05, 0.1) is 13.2 Å². The summed E-state index contributed by atoms with van der Waals surface area (Å²) in [6.45, 7) is 5.06. The van der Waals surface area contributed by atoms with E-state index in [1.807, 2.05) is 42.5 Å². The standard InChI is InChI=1S/C28H37N3O3/c32-22-31(26-14-12-24(13-15-26)23-8-3-1-4-9-23)27(25-10-5-2-6-11-25)28(33)29-16-7-17-30-18-20-34-21-19-30/h1,3-4,8-9,12-15,22,25,27H,2,5-7,10-11,16-21H2,(H,29,33). The Hall–Kier alpha value is -2.70. The molecule has 34 heavy (non-hydrogen) atoms. The van der Waals surface area contributed by atoms with Crippen LogP contribution in [0.25, 0.3) is 11.1 Å². The first kappa shape index (κ1) is 24.4. The molecular formula is C28H37N3O3. The highest BCUT2D eigenvalue weighted by Crippen LogP contribution is 2.32. The second kappa shape index (κ2) is 12.7. The van der Waals surface area contributed by atoms with Gasteiger partial charge in [0.1, 0.15) is 6.04 Å². The lowest BCUT2D eigenvalue weighted by Crippen LogP contribution is -2.51. The number of benzene rings is 2. The summed E-state index contributed by atoms with van der Waals surface area (Å²) >= 11 is 0. The molecule has 2 amide bonds. The minimum Gasteiger partial charge on any atom is -0.379 e. The fourth-order valence-corrected chi connectivity index (χ4v) is 5.20. The highest BCUT2D eigenvalue weighted by molar-refractivity contribution is 5.92. The zero-order chi connectivity index (χ0) is 23.6. The Morgan fingerprint density at radius 3 is 2.35 bits per heavy atom. The molecule has 2 fully saturated rings. The first-order valence-electron chi connectivity index (χ1n) is 12.7. The lowest BCUT2D eigenvalue weighted by atomic mass is 9.82. The molecule has 0 aromatic heterocycles. The number of nitrogens with zero attached hydrogens (tertiary/aromatic N) is 2. The van der Waals surface area contributed by atoms with Gasteiger partial charge in [-0.25, -0.2) is 0 Å². The van der Waals surface area contributed by atoms with Crippen molar-refractivity contribution in [3.63, 3.8) is 0 Å². The van der Waals surface area contributed by atoms with Crippen LogP contribution in [0.1, 0.15) is 38.5 Å². The van der Waals surface area contributed by atoms with Gasteiger partial charge in [-0.05, 0) is 55.0 Å². The number of carbonyl (C=O) groups excluding carboxylic acids is 2. The molecule has 2 aliphatic rings. The van der Waals surface area contributed by atoms with E-state index in [0.29, 0.717) is 6.54 Å². The largest absolute Gasteiger partial charge is 0.379 e. The molecule has 0 radical (unpaired) electrons. The van der Waals surface area contributed by atoms with Crippen LogP contribution in [-0.4, -0.2) is 62.7 Å². The molecule has 1 atom stereocenters. The third-order valence-electron chi connectivity index (χ3n) is 7.10. The number of ether oxygens (including phenoxy) is 1. The van der Waals surface area contributed by atoms with Crippen LogP contribution in [0, 0.1) is 5.92 Å². The average Bonchev–Trinajstić information content (AvgIpc) is 2.91. The van der Waals surface area contributed by atoms with Crippen molar-refractivity contribution in [1.82, 2.24) is 10.2 Å². The molecule has 6 heteroatoms. The fraction of sp³-hybridized carbons (Fsp3) is 0.500. The zero-order valence-electron chi connectivity index (χ0n) is 20.0. The van der Waals surface area contributed by atoms with Gasteiger partial charge >= 0.3 is 0 Å². The SMILES string of the molecule is O=CN(c1ccc(-c2ccccc2)cc1)C(C(=O)NCCCN1CCOCC1)C1CCCCC1. The van der Waals surface area contributed by atoms with Crippen LogP contribution in [-0.2, 0) is 14.3 Å². The predicted octanol–water partition coefficient (Wildman–Crippen LogP) is 4.10. The van der Waals surface area contributed by atoms with Crippen molar-refractivity contribution in [3.05, 3.63) is 54.6 Å². The van der Waals surface area contributed by atoms with E-state index in [2.05, 4.69) is 22.3 Å². The maximum atomic E-state index is 13.4. The van der Waals surface area contributed by atoms with Crippen molar-refractivity contribution in [3.8, 4) is 11.1 Å². The smallest absolute Gasteiger partial charge is 0.243 e. The van der Waals surface area contributed by atoms with Crippen molar-refractivity contribution >= 4 is 18.0 Å². The quantitative estimate of drug-likeness (QED) is 0.426. The molecule has 1 unspecified atom stereocenters. The third kappa shape index (κ3) is 6.45. The third-order valence-corrected chi connectivity index (χ3v) is 7.10. The van der Waals surface area contributed by atoms with Crippen molar-refractivity contribution < 1.29 is 14.3 Å². The van der Waals surface area contributed by atoms with Gasteiger partial charge in [0, 0.05) is 25.3 Å². The molecule has 2 aromatic carbocycles. The van der Waals surface area contributed by atoms with Gasteiger partial charge < -0.3 is 15.0 Å². The predicted molar refractivity (Wildman–Crippen MR) is 136 cm³/mol. The Balaban J connectivity index is 1.43. The Labute approximate surface area is 203 Å². The molecule has 1 heterocycles. The van der Waals surface area contributed by atoms with E-state index in [0.717, 1.165) is 88.2 Å². The molecule has 0 spiro atoms. The van der Waals surface area contributed by atoms with Gasteiger partial charge in [0.2, 0.25) is 12.3 Å². The maximum Gasteiger partial charge on any atom is 0.243 e. The lowest BCUT2D eigenvalue weighted by molar-refractivity contribution is -0.125. The van der Waals surface area contributed by atoms with Gasteiger partial charge in [0.15, 0.2) is 0 Å². The average molecular weight is 464 g/mol. The van der Waals surface area contributed by atoms with Gasteiger partial charge in [-0.15, -0.1) is 0 Å². The number of hydrogen-bond donors (Lipinski definition) is 1. The number of nitrogens with one attached hydrogen (secondary N) is 1. The number of amides is 2. The summed E-state index contributed by atoms with van der Waals surface area (Å²) in [5, 5.41) is 3.14. The molecule has 1 N–H and O–H groups in total. The van der Waals surface area contributed by atoms with E-state index >= 15 is 0 Å². The summed E-state index contributed by atoms with van der Waals surface area (Å²) in [5.41, 5.74) is 3.00. The first-order chi connectivity index (χ1) is 16.8. The van der Waals surface area contributed by atoms with Crippen LogP contribution in [0.3, 0.4) is 0 Å². The molecule has 4 rings (SSSR count). The topological polar surface area (TPSA) is 61.9 Å². The summed E-state index contributed by atoms with van der Waals surface area (Å²) < 4.78 is 5.41. The maximum absolute atomic E-state index is 13.4. The van der Waals surface area contributed by atoms with Crippen molar-refractivity contribution in [2.24, 2.45) is 5.92 Å². The minimum absolute atomic E-state index is 0.0342. The lowest BCUT2D eigenvalue weighted by Gasteiger charge is -2.36. The van der Waals surface area contributed by atoms with Crippen LogP contribution in [0.2, 0.25) is 0 Å². The number of rotatable bonds is 10. The number of hydrogen-bond acceptors (Lipinski definition) is 4. The Morgan fingerprint density at radius 1 is 1.00 bits per heavy atom. The normalized spacial score (nSPS) is 18.2. The van der Waals surface area contributed by atoms with Gasteiger partial charge in [-0.1, -0.05) is 61.7 Å². The van der Waals surface area contributed by atoms with Crippen molar-refractivity contribution in [1.29, 1.82) is 0 Å². The van der Waals surface area contributed by atoms with Crippen LogP contribution in [0.4, 0.5) is 5.69 Å². The van der Waals surface area contributed by atoms with E-state index in [1.54, 1.807) is 4.90 Å². The molecular weight excluding hydrogens is 426 g/mol. The number of morpholine rings is 1. The van der Waals surface area contributed by atoms with E-state index in [1.165, 1.54) is 6.42 Å². The van der Waals surface area contributed by atoms with Crippen molar-refractivity contribution in [2.45, 2.75) is 44.6 Å². The molecule has 1 saturated carbocycles. The van der Waals surface area contributed by atoms with E-state index < -0.39 is 6.04 Å². The monoisotopic (exact) mass is 463 g/mol. The van der Waals surface area contributed by atoms with Crippen LogP contribution in [0.5, 0.6) is 0 Å². The van der Waals surface area contributed by atoms with Crippen LogP contribution >= 0.6 is 0 Å². The molecule has 1 saturated heterocycles. The molecule has 1 aliphatic carbocycles. The zero-order valence-corrected chi connectivity index (χ0v) is 20.0. The molecule has 6 nitrogen and oxygen atoms in total. The van der Waals surface area contributed by atoms with Crippen LogP contribution in [0.15, 0.2) is 54.6 Å². The minimum atomic E-state index is -0.469. The van der Waals surface area contributed by atoms with E-state index in [4.69, 9.17) is 4.74 Å². The van der Waals surface area contributed by atoms with Crippen LogP contribution < -0.4 is 10.2 Å². The summed E-state index contributed by atoms with van der Waals surface area (Å²) in [6, 6.07) is 17.7.